The van der Waals surface area contributed by atoms with Gasteiger partial charge >= 0.3 is 6.09 Å². The quantitative estimate of drug-likeness (QED) is 0.880. The smallest absolute Gasteiger partial charge is 0.414 e. The number of nitrogens with zero attached hydrogens (tertiary/aromatic N) is 4. The molecule has 28 heavy (non-hydrogen) atoms. The lowest BCUT2D eigenvalue weighted by molar-refractivity contribution is -0.119. The number of nitrogens with one attached hydrogen (secondary N) is 1. The predicted molar refractivity (Wildman–Crippen MR) is 102 cm³/mol. The maximum Gasteiger partial charge on any atom is 0.414 e. The van der Waals surface area contributed by atoms with E-state index in [9.17, 15) is 9.59 Å². The van der Waals surface area contributed by atoms with E-state index in [1.54, 1.807) is 11.1 Å². The summed E-state index contributed by atoms with van der Waals surface area (Å²) in [6.07, 6.45) is 3.79. The summed E-state index contributed by atoms with van der Waals surface area (Å²) in [7, 11) is 0. The van der Waals surface area contributed by atoms with Gasteiger partial charge in [0.1, 0.15) is 12.2 Å². The van der Waals surface area contributed by atoms with Gasteiger partial charge in [0.25, 0.3) is 0 Å². The molecule has 0 unspecified atom stereocenters. The van der Waals surface area contributed by atoms with E-state index in [2.05, 4.69) is 16.4 Å². The number of carbonyl (C=O) groups is 2. The van der Waals surface area contributed by atoms with Crippen LogP contribution < -0.4 is 10.2 Å². The van der Waals surface area contributed by atoms with Crippen molar-refractivity contribution in [2.24, 2.45) is 0 Å². The lowest BCUT2D eigenvalue weighted by Gasteiger charge is -2.18. The zero-order valence-electron chi connectivity index (χ0n) is 15.4. The monoisotopic (exact) mass is 377 g/mol. The Hall–Kier alpha value is -3.60. The minimum atomic E-state index is -0.409. The zero-order valence-corrected chi connectivity index (χ0v) is 15.4. The van der Waals surface area contributed by atoms with Gasteiger partial charge in [-0.3, -0.25) is 9.69 Å². The summed E-state index contributed by atoms with van der Waals surface area (Å²) in [4.78, 5) is 28.8. The Morgan fingerprint density at radius 2 is 2.18 bits per heavy atom. The molecule has 0 saturated carbocycles. The van der Waals surface area contributed by atoms with Gasteiger partial charge < -0.3 is 14.6 Å². The van der Waals surface area contributed by atoms with Gasteiger partial charge in [-0.05, 0) is 35.8 Å². The lowest BCUT2D eigenvalue weighted by Crippen LogP contribution is -2.33. The highest BCUT2D eigenvalue weighted by atomic mass is 16.6. The Labute approximate surface area is 162 Å². The second-order valence-corrected chi connectivity index (χ2v) is 6.79. The van der Waals surface area contributed by atoms with Gasteiger partial charge in [0.2, 0.25) is 11.7 Å². The maximum atomic E-state index is 12.1. The van der Waals surface area contributed by atoms with Gasteiger partial charge in [-0.25, -0.2) is 9.78 Å². The van der Waals surface area contributed by atoms with E-state index in [1.807, 2.05) is 34.9 Å². The third-order valence-corrected chi connectivity index (χ3v) is 4.92. The first-order chi connectivity index (χ1) is 13.5. The van der Waals surface area contributed by atoms with Crippen molar-refractivity contribution in [1.82, 2.24) is 14.9 Å². The number of ether oxygens (including phenoxy) is 1. The standard InChI is InChI=1S/C20H19N5O3/c1-13(26)22-11-18-12-25(20(27)28-18)16-4-2-14(3-5-16)15-6-7-24-17(8-15)10-23-19(24)9-21/h2-5,8,10,18H,6-7,11-12H2,1H3,(H,22,26)/t18-/m0/s1. The first kappa shape index (κ1) is 17.8. The number of fused-ring (bicyclic) bond motifs is 1. The van der Waals surface area contributed by atoms with Gasteiger partial charge in [-0.1, -0.05) is 12.1 Å². The fourth-order valence-electron chi connectivity index (χ4n) is 3.49. The first-order valence-corrected chi connectivity index (χ1v) is 9.04. The molecule has 1 aromatic carbocycles. The molecule has 1 atom stereocenters. The number of allylic oxidation sites excluding steroid dienone is 1. The van der Waals surface area contributed by atoms with Gasteiger partial charge in [0.05, 0.1) is 25.0 Å². The van der Waals surface area contributed by atoms with Crippen molar-refractivity contribution in [3.8, 4) is 6.07 Å². The van der Waals surface area contributed by atoms with Crippen LogP contribution in [0.15, 0.2) is 30.5 Å². The maximum absolute atomic E-state index is 12.1. The van der Waals surface area contributed by atoms with E-state index in [4.69, 9.17) is 10.00 Å². The molecule has 0 aliphatic carbocycles. The molecule has 8 heteroatoms. The predicted octanol–water partition coefficient (Wildman–Crippen LogP) is 2.16. The minimum absolute atomic E-state index is 0.150. The number of carbonyl (C=O) groups excluding carboxylic acids is 2. The highest BCUT2D eigenvalue weighted by Gasteiger charge is 2.32. The molecule has 2 aliphatic heterocycles. The molecule has 2 aromatic rings. The Morgan fingerprint density at radius 1 is 1.39 bits per heavy atom. The molecule has 0 radical (unpaired) electrons. The van der Waals surface area contributed by atoms with Crippen LogP contribution in [0.5, 0.6) is 0 Å². The number of cyclic esters (lactones) is 1. The number of hydrogen-bond donors (Lipinski definition) is 1. The topological polar surface area (TPSA) is 100 Å². The van der Waals surface area contributed by atoms with Crippen molar-refractivity contribution in [2.75, 3.05) is 18.0 Å². The molecule has 2 amide bonds. The van der Waals surface area contributed by atoms with Crippen LogP contribution in [0, 0.1) is 11.3 Å². The Kier molecular flexibility index (Phi) is 4.57. The van der Waals surface area contributed by atoms with Crippen molar-refractivity contribution < 1.29 is 14.3 Å². The summed E-state index contributed by atoms with van der Waals surface area (Å²) < 4.78 is 7.21. The average molecular weight is 377 g/mol. The zero-order chi connectivity index (χ0) is 19.7. The highest BCUT2D eigenvalue weighted by Crippen LogP contribution is 2.30. The summed E-state index contributed by atoms with van der Waals surface area (Å²) in [5, 5.41) is 11.8. The fraction of sp³-hybridized carbons (Fsp3) is 0.300. The van der Waals surface area contributed by atoms with Gasteiger partial charge in [-0.15, -0.1) is 0 Å². The molecule has 142 valence electrons. The van der Waals surface area contributed by atoms with E-state index in [0.29, 0.717) is 18.9 Å². The molecule has 8 nitrogen and oxygen atoms in total. The van der Waals surface area contributed by atoms with Crippen LogP contribution in [0.25, 0.3) is 11.6 Å². The fourth-order valence-corrected chi connectivity index (χ4v) is 3.49. The molecule has 4 rings (SSSR count). The Bertz CT molecular complexity index is 1000. The van der Waals surface area contributed by atoms with E-state index < -0.39 is 6.09 Å². The number of anilines is 1. The second-order valence-electron chi connectivity index (χ2n) is 6.79. The van der Waals surface area contributed by atoms with Crippen molar-refractivity contribution in [3.63, 3.8) is 0 Å². The molecule has 1 N–H and O–H groups in total. The van der Waals surface area contributed by atoms with Crippen molar-refractivity contribution in [1.29, 1.82) is 5.26 Å². The van der Waals surface area contributed by atoms with Crippen molar-refractivity contribution >= 4 is 29.3 Å². The number of aromatic nitrogens is 2. The number of imidazole rings is 1. The number of rotatable bonds is 4. The van der Waals surface area contributed by atoms with Crippen LogP contribution in [0.2, 0.25) is 0 Å². The van der Waals surface area contributed by atoms with Crippen LogP contribution in [0.3, 0.4) is 0 Å². The number of amides is 2. The Morgan fingerprint density at radius 3 is 2.89 bits per heavy atom. The normalized spacial score (nSPS) is 18.1. The first-order valence-electron chi connectivity index (χ1n) is 9.04. The largest absolute Gasteiger partial charge is 0.442 e. The number of hydrogen-bond acceptors (Lipinski definition) is 5. The van der Waals surface area contributed by atoms with E-state index in [0.717, 1.165) is 35.5 Å². The van der Waals surface area contributed by atoms with Gasteiger partial charge in [-0.2, -0.15) is 5.26 Å². The van der Waals surface area contributed by atoms with Gasteiger partial charge in [0, 0.05) is 19.2 Å². The summed E-state index contributed by atoms with van der Waals surface area (Å²) >= 11 is 0. The molecule has 1 fully saturated rings. The molecule has 2 aliphatic rings. The number of nitriles is 1. The van der Waals surface area contributed by atoms with Crippen LogP contribution in [-0.2, 0) is 16.1 Å². The molecule has 0 spiro atoms. The molecule has 1 saturated heterocycles. The van der Waals surface area contributed by atoms with E-state index in [1.165, 1.54) is 6.92 Å². The summed E-state index contributed by atoms with van der Waals surface area (Å²) in [5.41, 5.74) is 3.91. The van der Waals surface area contributed by atoms with E-state index in [-0.39, 0.29) is 12.0 Å². The highest BCUT2D eigenvalue weighted by molar-refractivity contribution is 5.90. The molecular weight excluding hydrogens is 358 g/mol. The third kappa shape index (κ3) is 3.34. The summed E-state index contributed by atoms with van der Waals surface area (Å²) in [6, 6.07) is 9.85. The molecular formula is C20H19N5O3. The van der Waals surface area contributed by atoms with Crippen LogP contribution in [0.4, 0.5) is 10.5 Å². The van der Waals surface area contributed by atoms with Crippen molar-refractivity contribution in [2.45, 2.75) is 26.0 Å². The molecule has 0 bridgehead atoms. The average Bonchev–Trinajstić information content (AvgIpc) is 3.29. The Balaban J connectivity index is 1.48. The lowest BCUT2D eigenvalue weighted by atomic mass is 9.99. The van der Waals surface area contributed by atoms with Crippen molar-refractivity contribution in [3.05, 3.63) is 47.5 Å². The van der Waals surface area contributed by atoms with Gasteiger partial charge in [0.15, 0.2) is 0 Å². The summed E-state index contributed by atoms with van der Waals surface area (Å²) in [6.45, 7) is 2.86. The third-order valence-electron chi connectivity index (χ3n) is 4.92. The second kappa shape index (κ2) is 7.19. The SMILES string of the molecule is CC(=O)NC[C@H]1CN(c2ccc(C3=Cc4cnc(C#N)n4CC3)cc2)C(=O)O1. The summed E-state index contributed by atoms with van der Waals surface area (Å²) in [5.74, 6) is 0.282. The molecule has 3 heterocycles. The van der Waals surface area contributed by atoms with Crippen LogP contribution in [-0.4, -0.2) is 40.7 Å². The number of benzene rings is 1. The van der Waals surface area contributed by atoms with E-state index >= 15 is 0 Å². The van der Waals surface area contributed by atoms with Crippen LogP contribution >= 0.6 is 0 Å². The molecule has 1 aromatic heterocycles. The minimum Gasteiger partial charge on any atom is -0.442 e. The van der Waals surface area contributed by atoms with Crippen LogP contribution in [0.1, 0.15) is 30.4 Å².